The zero-order valence-electron chi connectivity index (χ0n) is 9.76. The summed E-state index contributed by atoms with van der Waals surface area (Å²) in [6.45, 7) is 6.15. The molecule has 0 saturated heterocycles. The van der Waals surface area contributed by atoms with Crippen LogP contribution in [0.4, 0.5) is 0 Å². The number of carbonyl (C=O) groups is 1. The molecule has 0 aliphatic carbocycles. The lowest BCUT2D eigenvalue weighted by Crippen LogP contribution is -2.40. The molecule has 1 rings (SSSR count). The second-order valence-electron chi connectivity index (χ2n) is 4.37. The Hall–Kier alpha value is -1.31. The molecule has 1 amide bonds. The summed E-state index contributed by atoms with van der Waals surface area (Å²) in [6.07, 6.45) is 0. The van der Waals surface area contributed by atoms with Crippen LogP contribution in [0.25, 0.3) is 0 Å². The van der Waals surface area contributed by atoms with E-state index in [2.05, 4.69) is 17.2 Å². The molecule has 0 atom stereocenters. The van der Waals surface area contributed by atoms with Gasteiger partial charge >= 0.3 is 0 Å². The molecule has 0 aromatic carbocycles. The number of hydrogen-bond donors (Lipinski definition) is 2. The van der Waals surface area contributed by atoms with E-state index in [1.165, 1.54) is 11.3 Å². The Morgan fingerprint density at radius 1 is 1.56 bits per heavy atom. The van der Waals surface area contributed by atoms with Crippen molar-refractivity contribution in [2.75, 3.05) is 6.54 Å². The van der Waals surface area contributed by atoms with Crippen LogP contribution in [0, 0.1) is 11.8 Å². The van der Waals surface area contributed by atoms with Gasteiger partial charge in [0.15, 0.2) is 0 Å². The number of hydrogen-bond acceptors (Lipinski definition) is 3. The van der Waals surface area contributed by atoms with Crippen LogP contribution >= 0.6 is 11.3 Å². The molecule has 86 valence electrons. The van der Waals surface area contributed by atoms with E-state index in [1.807, 2.05) is 32.2 Å². The van der Waals surface area contributed by atoms with E-state index in [4.69, 9.17) is 5.73 Å². The van der Waals surface area contributed by atoms with Crippen molar-refractivity contribution in [2.24, 2.45) is 5.73 Å². The highest BCUT2D eigenvalue weighted by Crippen LogP contribution is 2.16. The van der Waals surface area contributed by atoms with Crippen LogP contribution in [0.3, 0.4) is 0 Å². The van der Waals surface area contributed by atoms with Crippen molar-refractivity contribution in [3.8, 4) is 11.8 Å². The molecular weight excluding hydrogens is 220 g/mol. The first-order valence-corrected chi connectivity index (χ1v) is 5.91. The van der Waals surface area contributed by atoms with Crippen LogP contribution in [0.5, 0.6) is 0 Å². The maximum atomic E-state index is 11.9. The van der Waals surface area contributed by atoms with Crippen molar-refractivity contribution in [2.45, 2.75) is 26.3 Å². The SMILES string of the molecule is CC(C)(C)NC(=O)c1sccc1C#CCN. The van der Waals surface area contributed by atoms with Gasteiger partial charge < -0.3 is 11.1 Å². The van der Waals surface area contributed by atoms with Crippen molar-refractivity contribution in [3.05, 3.63) is 21.9 Å². The smallest absolute Gasteiger partial charge is 0.263 e. The third kappa shape index (κ3) is 3.69. The molecule has 0 radical (unpaired) electrons. The van der Waals surface area contributed by atoms with Crippen molar-refractivity contribution in [1.82, 2.24) is 5.32 Å². The fourth-order valence-electron chi connectivity index (χ4n) is 1.13. The van der Waals surface area contributed by atoms with E-state index in [-0.39, 0.29) is 11.4 Å². The molecule has 0 unspecified atom stereocenters. The number of carbonyl (C=O) groups excluding carboxylic acids is 1. The number of amides is 1. The summed E-state index contributed by atoms with van der Waals surface area (Å²) in [7, 11) is 0. The topological polar surface area (TPSA) is 55.1 Å². The van der Waals surface area contributed by atoms with Gasteiger partial charge in [0.2, 0.25) is 0 Å². The largest absolute Gasteiger partial charge is 0.347 e. The number of nitrogens with two attached hydrogens (primary N) is 1. The molecule has 1 aromatic heterocycles. The first-order chi connectivity index (χ1) is 7.44. The van der Waals surface area contributed by atoms with Crippen LogP contribution in [0.15, 0.2) is 11.4 Å². The molecule has 0 spiro atoms. The Morgan fingerprint density at radius 2 is 2.25 bits per heavy atom. The highest BCUT2D eigenvalue weighted by atomic mass is 32.1. The summed E-state index contributed by atoms with van der Waals surface area (Å²) in [6, 6.07) is 1.84. The highest BCUT2D eigenvalue weighted by Gasteiger charge is 2.18. The Bertz CT molecular complexity index is 432. The lowest BCUT2D eigenvalue weighted by Gasteiger charge is -2.19. The van der Waals surface area contributed by atoms with Gasteiger partial charge in [-0.15, -0.1) is 11.3 Å². The Kier molecular flexibility index (Phi) is 4.11. The average molecular weight is 236 g/mol. The van der Waals surface area contributed by atoms with E-state index in [9.17, 15) is 4.79 Å². The summed E-state index contributed by atoms with van der Waals surface area (Å²) >= 11 is 1.39. The van der Waals surface area contributed by atoms with Crippen molar-refractivity contribution in [3.63, 3.8) is 0 Å². The average Bonchev–Trinajstić information content (AvgIpc) is 2.59. The first kappa shape index (κ1) is 12.8. The van der Waals surface area contributed by atoms with Crippen LogP contribution in [0.2, 0.25) is 0 Å². The van der Waals surface area contributed by atoms with Crippen LogP contribution < -0.4 is 11.1 Å². The fraction of sp³-hybridized carbons (Fsp3) is 0.417. The second-order valence-corrected chi connectivity index (χ2v) is 5.29. The Balaban J connectivity index is 2.88. The predicted molar refractivity (Wildman–Crippen MR) is 67.5 cm³/mol. The Morgan fingerprint density at radius 3 is 2.81 bits per heavy atom. The van der Waals surface area contributed by atoms with Crippen LogP contribution in [-0.4, -0.2) is 18.0 Å². The van der Waals surface area contributed by atoms with Gasteiger partial charge in [-0.05, 0) is 32.2 Å². The van der Waals surface area contributed by atoms with E-state index >= 15 is 0 Å². The maximum Gasteiger partial charge on any atom is 0.263 e. The summed E-state index contributed by atoms with van der Waals surface area (Å²) in [5.74, 6) is 5.57. The minimum atomic E-state index is -0.236. The summed E-state index contributed by atoms with van der Waals surface area (Å²) in [5.41, 5.74) is 5.81. The molecule has 0 bridgehead atoms. The molecule has 0 aliphatic rings. The summed E-state index contributed by atoms with van der Waals surface area (Å²) in [4.78, 5) is 12.6. The molecule has 3 nitrogen and oxygen atoms in total. The monoisotopic (exact) mass is 236 g/mol. The maximum absolute atomic E-state index is 11.9. The number of thiophene rings is 1. The molecule has 4 heteroatoms. The normalized spacial score (nSPS) is 10.5. The third-order valence-electron chi connectivity index (χ3n) is 1.69. The van der Waals surface area contributed by atoms with Gasteiger partial charge in [-0.2, -0.15) is 0 Å². The molecule has 1 aromatic rings. The molecule has 1 heterocycles. The summed E-state index contributed by atoms with van der Waals surface area (Å²) < 4.78 is 0. The number of nitrogens with one attached hydrogen (secondary N) is 1. The van der Waals surface area contributed by atoms with Gasteiger partial charge in [-0.3, -0.25) is 4.79 Å². The van der Waals surface area contributed by atoms with E-state index in [0.29, 0.717) is 11.4 Å². The third-order valence-corrected chi connectivity index (χ3v) is 2.60. The highest BCUT2D eigenvalue weighted by molar-refractivity contribution is 7.12. The van der Waals surface area contributed by atoms with Gasteiger partial charge in [-0.25, -0.2) is 0 Å². The van der Waals surface area contributed by atoms with Gasteiger partial charge in [0.1, 0.15) is 4.88 Å². The lowest BCUT2D eigenvalue weighted by atomic mass is 10.1. The molecular formula is C12H16N2OS. The van der Waals surface area contributed by atoms with Crippen molar-refractivity contribution >= 4 is 17.2 Å². The van der Waals surface area contributed by atoms with Crippen molar-refractivity contribution in [1.29, 1.82) is 0 Å². The van der Waals surface area contributed by atoms with Gasteiger partial charge in [0.05, 0.1) is 6.54 Å². The molecule has 3 N–H and O–H groups in total. The van der Waals surface area contributed by atoms with Crippen molar-refractivity contribution < 1.29 is 4.79 Å². The molecule has 0 saturated carbocycles. The van der Waals surface area contributed by atoms with Gasteiger partial charge in [-0.1, -0.05) is 11.8 Å². The minimum Gasteiger partial charge on any atom is -0.347 e. The minimum absolute atomic E-state index is 0.0798. The molecule has 0 aliphatic heterocycles. The quantitative estimate of drug-likeness (QED) is 0.727. The zero-order valence-corrected chi connectivity index (χ0v) is 10.6. The van der Waals surface area contributed by atoms with E-state index in [1.54, 1.807) is 0 Å². The summed E-state index contributed by atoms with van der Waals surface area (Å²) in [5, 5.41) is 4.77. The van der Waals surface area contributed by atoms with E-state index < -0.39 is 0 Å². The molecule has 0 fully saturated rings. The molecule has 16 heavy (non-hydrogen) atoms. The predicted octanol–water partition coefficient (Wildman–Crippen LogP) is 1.59. The first-order valence-electron chi connectivity index (χ1n) is 5.03. The van der Waals surface area contributed by atoms with Crippen LogP contribution in [-0.2, 0) is 0 Å². The Labute approximate surface area is 100 Å². The van der Waals surface area contributed by atoms with Crippen LogP contribution in [0.1, 0.15) is 36.0 Å². The standard InChI is InChI=1S/C12H16N2OS/c1-12(2,3)14-11(15)10-9(5-4-7-13)6-8-16-10/h6,8H,7,13H2,1-3H3,(H,14,15). The zero-order chi connectivity index (χ0) is 12.2. The lowest BCUT2D eigenvalue weighted by molar-refractivity contribution is 0.0923. The van der Waals surface area contributed by atoms with Gasteiger partial charge in [0.25, 0.3) is 5.91 Å². The number of rotatable bonds is 1. The van der Waals surface area contributed by atoms with E-state index in [0.717, 1.165) is 5.56 Å². The second kappa shape index (κ2) is 5.15. The fourth-order valence-corrected chi connectivity index (χ4v) is 1.87. The van der Waals surface area contributed by atoms with Gasteiger partial charge in [0, 0.05) is 11.1 Å².